The van der Waals surface area contributed by atoms with E-state index in [1.54, 1.807) is 20.0 Å². The van der Waals surface area contributed by atoms with Crippen molar-refractivity contribution in [1.29, 1.82) is 0 Å². The van der Waals surface area contributed by atoms with Crippen molar-refractivity contribution in [3.63, 3.8) is 0 Å². The van der Waals surface area contributed by atoms with Crippen LogP contribution in [0.3, 0.4) is 0 Å². The molecule has 1 atom stereocenters. The first kappa shape index (κ1) is 12.7. The lowest BCUT2D eigenvalue weighted by atomic mass is 10.0. The van der Waals surface area contributed by atoms with Crippen LogP contribution in [0.5, 0.6) is 0 Å². The van der Waals surface area contributed by atoms with Gasteiger partial charge in [0.25, 0.3) is 0 Å². The summed E-state index contributed by atoms with van der Waals surface area (Å²) in [5.41, 5.74) is 0.692. The molecule has 2 rings (SSSR count). The fourth-order valence-electron chi connectivity index (χ4n) is 1.88. The fraction of sp³-hybridized carbons (Fsp3) is 0.231. The first-order valence-electron chi connectivity index (χ1n) is 5.39. The largest absolute Gasteiger partial charge is 0.469 e. The van der Waals surface area contributed by atoms with Crippen LogP contribution < -0.4 is 5.32 Å². The third-order valence-corrected chi connectivity index (χ3v) is 2.72. The SMILES string of the molecule is CNC(c1coc(C)c1)c1cc(F)c(F)cc1F. The minimum atomic E-state index is -1.20. The van der Waals surface area contributed by atoms with Gasteiger partial charge >= 0.3 is 0 Å². The van der Waals surface area contributed by atoms with Crippen LogP contribution in [0, 0.1) is 24.4 Å². The average molecular weight is 255 g/mol. The lowest BCUT2D eigenvalue weighted by Crippen LogP contribution is -2.19. The molecule has 18 heavy (non-hydrogen) atoms. The molecule has 0 saturated heterocycles. The minimum absolute atomic E-state index is 0.0391. The van der Waals surface area contributed by atoms with Crippen LogP contribution in [0.4, 0.5) is 13.2 Å². The molecule has 5 heteroatoms. The Morgan fingerprint density at radius 1 is 1.06 bits per heavy atom. The van der Waals surface area contributed by atoms with Gasteiger partial charge in [0, 0.05) is 17.2 Å². The van der Waals surface area contributed by atoms with Crippen LogP contribution in [0.25, 0.3) is 0 Å². The molecule has 0 radical (unpaired) electrons. The van der Waals surface area contributed by atoms with E-state index in [0.29, 0.717) is 17.4 Å². The van der Waals surface area contributed by atoms with E-state index in [1.165, 1.54) is 6.26 Å². The molecule has 0 bridgehead atoms. The highest BCUT2D eigenvalue weighted by Crippen LogP contribution is 2.27. The van der Waals surface area contributed by atoms with Gasteiger partial charge in [-0.3, -0.25) is 0 Å². The van der Waals surface area contributed by atoms with E-state index in [9.17, 15) is 13.2 Å². The van der Waals surface area contributed by atoms with Crippen molar-refractivity contribution in [2.24, 2.45) is 0 Å². The number of halogens is 3. The Balaban J connectivity index is 2.48. The zero-order chi connectivity index (χ0) is 13.3. The molecule has 1 heterocycles. The van der Waals surface area contributed by atoms with Crippen LogP contribution in [-0.4, -0.2) is 7.05 Å². The molecule has 96 valence electrons. The number of benzene rings is 1. The quantitative estimate of drug-likeness (QED) is 0.851. The first-order chi connectivity index (χ1) is 8.52. The lowest BCUT2D eigenvalue weighted by molar-refractivity contribution is 0.482. The van der Waals surface area contributed by atoms with Gasteiger partial charge < -0.3 is 9.73 Å². The predicted octanol–water partition coefficient (Wildman–Crippen LogP) is 3.31. The van der Waals surface area contributed by atoms with Gasteiger partial charge in [-0.1, -0.05) is 0 Å². The number of hydrogen-bond acceptors (Lipinski definition) is 2. The van der Waals surface area contributed by atoms with Crippen molar-refractivity contribution in [3.8, 4) is 0 Å². The number of nitrogens with one attached hydrogen (secondary N) is 1. The fourth-order valence-corrected chi connectivity index (χ4v) is 1.88. The van der Waals surface area contributed by atoms with Crippen molar-refractivity contribution in [3.05, 3.63) is 58.8 Å². The summed E-state index contributed by atoms with van der Waals surface area (Å²) in [5, 5.41) is 2.85. The highest BCUT2D eigenvalue weighted by atomic mass is 19.2. The predicted molar refractivity (Wildman–Crippen MR) is 60.7 cm³/mol. The molecule has 0 aliphatic rings. The monoisotopic (exact) mass is 255 g/mol. The normalized spacial score (nSPS) is 12.7. The molecule has 1 unspecified atom stereocenters. The van der Waals surface area contributed by atoms with E-state index >= 15 is 0 Å². The van der Waals surface area contributed by atoms with Gasteiger partial charge in [-0.15, -0.1) is 0 Å². The number of furan rings is 1. The molecule has 0 spiro atoms. The molecule has 0 aliphatic heterocycles. The summed E-state index contributed by atoms with van der Waals surface area (Å²) in [7, 11) is 1.60. The van der Waals surface area contributed by atoms with Crippen molar-refractivity contribution in [1.82, 2.24) is 5.32 Å². The van der Waals surface area contributed by atoms with E-state index in [2.05, 4.69) is 5.32 Å². The van der Waals surface area contributed by atoms with Crippen LogP contribution in [0.1, 0.15) is 22.9 Å². The summed E-state index contributed by atoms with van der Waals surface area (Å²) >= 11 is 0. The molecule has 2 aromatic rings. The van der Waals surface area contributed by atoms with Crippen molar-refractivity contribution in [2.45, 2.75) is 13.0 Å². The third-order valence-electron chi connectivity index (χ3n) is 2.72. The lowest BCUT2D eigenvalue weighted by Gasteiger charge is -2.16. The summed E-state index contributed by atoms with van der Waals surface area (Å²) in [6.45, 7) is 1.75. The second-order valence-electron chi connectivity index (χ2n) is 4.00. The van der Waals surface area contributed by atoms with Gasteiger partial charge in [0.05, 0.1) is 12.3 Å². The molecule has 2 nitrogen and oxygen atoms in total. The van der Waals surface area contributed by atoms with Gasteiger partial charge in [-0.25, -0.2) is 13.2 Å². The van der Waals surface area contributed by atoms with Gasteiger partial charge in [-0.2, -0.15) is 0 Å². The molecular formula is C13H12F3NO. The highest BCUT2D eigenvalue weighted by Gasteiger charge is 2.20. The Morgan fingerprint density at radius 2 is 1.72 bits per heavy atom. The molecule has 1 N–H and O–H groups in total. The summed E-state index contributed by atoms with van der Waals surface area (Å²) in [6, 6.07) is 2.52. The van der Waals surface area contributed by atoms with Crippen LogP contribution in [-0.2, 0) is 0 Å². The maximum Gasteiger partial charge on any atom is 0.161 e. The number of rotatable bonds is 3. The Kier molecular flexibility index (Phi) is 3.43. The summed E-state index contributed by atoms with van der Waals surface area (Å²) in [4.78, 5) is 0. The number of aryl methyl sites for hydroxylation is 1. The maximum atomic E-state index is 13.7. The highest BCUT2D eigenvalue weighted by molar-refractivity contribution is 5.32. The van der Waals surface area contributed by atoms with E-state index in [-0.39, 0.29) is 5.56 Å². The maximum absolute atomic E-state index is 13.7. The van der Waals surface area contributed by atoms with Crippen molar-refractivity contribution >= 4 is 0 Å². The second kappa shape index (κ2) is 4.86. The van der Waals surface area contributed by atoms with Crippen molar-refractivity contribution < 1.29 is 17.6 Å². The Morgan fingerprint density at radius 3 is 2.28 bits per heavy atom. The van der Waals surface area contributed by atoms with Crippen LogP contribution in [0.15, 0.2) is 28.9 Å². The topological polar surface area (TPSA) is 25.2 Å². The number of hydrogen-bond donors (Lipinski definition) is 1. The first-order valence-corrected chi connectivity index (χ1v) is 5.39. The molecule has 1 aromatic heterocycles. The summed E-state index contributed by atoms with van der Waals surface area (Å²) in [6.07, 6.45) is 1.46. The molecular weight excluding hydrogens is 243 g/mol. The van der Waals surface area contributed by atoms with Gasteiger partial charge in [0.15, 0.2) is 11.6 Å². The zero-order valence-electron chi connectivity index (χ0n) is 9.93. The standard InChI is InChI=1S/C13H12F3NO/c1-7-3-8(6-18-7)13(17-2)9-4-11(15)12(16)5-10(9)14/h3-6,13,17H,1-2H3. The molecule has 1 aromatic carbocycles. The van der Waals surface area contributed by atoms with Gasteiger partial charge in [0.1, 0.15) is 11.6 Å². The zero-order valence-corrected chi connectivity index (χ0v) is 9.93. The summed E-state index contributed by atoms with van der Waals surface area (Å²) < 4.78 is 44.9. The van der Waals surface area contributed by atoms with Crippen LogP contribution in [0.2, 0.25) is 0 Å². The van der Waals surface area contributed by atoms with Gasteiger partial charge in [-0.05, 0) is 26.1 Å². The Labute approximate surface area is 102 Å². The molecule has 0 fully saturated rings. The smallest absolute Gasteiger partial charge is 0.161 e. The van der Waals surface area contributed by atoms with E-state index < -0.39 is 23.5 Å². The molecule has 0 saturated carbocycles. The summed E-state index contributed by atoms with van der Waals surface area (Å²) in [5.74, 6) is -2.42. The Hall–Kier alpha value is -1.75. The van der Waals surface area contributed by atoms with E-state index in [4.69, 9.17) is 4.42 Å². The molecule has 0 amide bonds. The average Bonchev–Trinajstić information content (AvgIpc) is 2.73. The van der Waals surface area contributed by atoms with E-state index in [1.807, 2.05) is 0 Å². The van der Waals surface area contributed by atoms with Crippen LogP contribution >= 0.6 is 0 Å². The van der Waals surface area contributed by atoms with E-state index in [0.717, 1.165) is 6.07 Å². The van der Waals surface area contributed by atoms with Gasteiger partial charge in [0.2, 0.25) is 0 Å². The van der Waals surface area contributed by atoms with Crippen molar-refractivity contribution in [2.75, 3.05) is 7.05 Å². The minimum Gasteiger partial charge on any atom is -0.469 e. The Bertz CT molecular complexity index is 565. The second-order valence-corrected chi connectivity index (χ2v) is 4.00. The third kappa shape index (κ3) is 2.26. The molecule has 0 aliphatic carbocycles.